The normalized spacial score (nSPS) is 15.8. The van der Waals surface area contributed by atoms with Crippen molar-refractivity contribution in [2.45, 2.75) is 19.4 Å². The molecule has 0 saturated heterocycles. The summed E-state index contributed by atoms with van der Waals surface area (Å²) in [6, 6.07) is 16.9. The van der Waals surface area contributed by atoms with Crippen LogP contribution in [0.15, 0.2) is 68.8 Å². The highest BCUT2D eigenvalue weighted by Gasteiger charge is 2.35. The number of furan rings is 1. The second-order valence-electron chi connectivity index (χ2n) is 7.00. The Morgan fingerprint density at radius 1 is 1.07 bits per heavy atom. The van der Waals surface area contributed by atoms with E-state index in [2.05, 4.69) is 21.0 Å². The van der Waals surface area contributed by atoms with Crippen LogP contribution in [-0.4, -0.2) is 30.8 Å². The predicted molar refractivity (Wildman–Crippen MR) is 117 cm³/mol. The van der Waals surface area contributed by atoms with E-state index in [1.807, 2.05) is 49.4 Å². The number of aryl methyl sites for hydroxylation is 1. The van der Waals surface area contributed by atoms with Crippen LogP contribution < -0.4 is 9.47 Å². The van der Waals surface area contributed by atoms with E-state index in [1.54, 1.807) is 26.4 Å². The molecule has 1 aromatic heterocycles. The number of hydrazone groups is 1. The summed E-state index contributed by atoms with van der Waals surface area (Å²) in [5.41, 5.74) is 3.84. The van der Waals surface area contributed by atoms with Gasteiger partial charge in [-0.1, -0.05) is 29.8 Å². The number of carbonyl (C=O) groups is 1. The maximum Gasteiger partial charge on any atom is 0.310 e. The lowest BCUT2D eigenvalue weighted by molar-refractivity contribution is 0.0677. The van der Waals surface area contributed by atoms with Gasteiger partial charge in [0, 0.05) is 12.0 Å². The largest absolute Gasteiger partial charge is 0.493 e. The summed E-state index contributed by atoms with van der Waals surface area (Å²) in [5.74, 6) is 1.20. The van der Waals surface area contributed by atoms with Crippen LogP contribution in [0.25, 0.3) is 0 Å². The Bertz CT molecular complexity index is 1100. The van der Waals surface area contributed by atoms with Crippen molar-refractivity contribution in [3.05, 3.63) is 81.7 Å². The van der Waals surface area contributed by atoms with E-state index in [4.69, 9.17) is 13.9 Å². The number of methoxy groups -OCH3 is 2. The molecule has 0 spiro atoms. The summed E-state index contributed by atoms with van der Waals surface area (Å²) in [4.78, 5) is 13.2. The number of halogens is 1. The molecule has 1 aliphatic rings. The molecule has 1 unspecified atom stereocenters. The van der Waals surface area contributed by atoms with Crippen molar-refractivity contribution in [1.29, 1.82) is 0 Å². The van der Waals surface area contributed by atoms with Gasteiger partial charge in [-0.25, -0.2) is 5.01 Å². The molecule has 0 fully saturated rings. The third-order valence-corrected chi connectivity index (χ3v) is 5.51. The third kappa shape index (κ3) is 3.85. The smallest absolute Gasteiger partial charge is 0.310 e. The van der Waals surface area contributed by atoms with Gasteiger partial charge in [0.05, 0.1) is 26.0 Å². The quantitative estimate of drug-likeness (QED) is 0.505. The highest BCUT2D eigenvalue weighted by atomic mass is 79.9. The van der Waals surface area contributed by atoms with E-state index in [9.17, 15) is 4.79 Å². The number of rotatable bonds is 5. The zero-order valence-corrected chi connectivity index (χ0v) is 18.5. The first-order valence-corrected chi connectivity index (χ1v) is 10.2. The molecule has 7 heteroatoms. The van der Waals surface area contributed by atoms with Crippen molar-refractivity contribution in [2.24, 2.45) is 5.10 Å². The fraction of sp³-hybridized carbons (Fsp3) is 0.217. The molecule has 0 aliphatic carbocycles. The van der Waals surface area contributed by atoms with Crippen molar-refractivity contribution in [2.75, 3.05) is 14.2 Å². The fourth-order valence-corrected chi connectivity index (χ4v) is 3.78. The fourth-order valence-electron chi connectivity index (χ4n) is 3.48. The summed E-state index contributed by atoms with van der Waals surface area (Å²) in [7, 11) is 3.19. The molecule has 1 atom stereocenters. The van der Waals surface area contributed by atoms with Gasteiger partial charge in [-0.05, 0) is 58.7 Å². The van der Waals surface area contributed by atoms with Crippen LogP contribution in [0.5, 0.6) is 11.5 Å². The van der Waals surface area contributed by atoms with Crippen LogP contribution in [0.4, 0.5) is 0 Å². The zero-order valence-electron chi connectivity index (χ0n) is 16.9. The molecule has 2 heterocycles. The highest BCUT2D eigenvalue weighted by molar-refractivity contribution is 9.10. The van der Waals surface area contributed by atoms with E-state index < -0.39 is 0 Å². The van der Waals surface area contributed by atoms with Gasteiger partial charge in [0.2, 0.25) is 0 Å². The number of carbonyl (C=O) groups excluding carboxylic acids is 1. The average Bonchev–Trinajstić information content (AvgIpc) is 3.40. The Labute approximate surface area is 183 Å². The highest BCUT2D eigenvalue weighted by Crippen LogP contribution is 2.36. The van der Waals surface area contributed by atoms with E-state index in [0.717, 1.165) is 22.4 Å². The van der Waals surface area contributed by atoms with Gasteiger partial charge in [0.15, 0.2) is 21.9 Å². The van der Waals surface area contributed by atoms with Gasteiger partial charge >= 0.3 is 5.91 Å². The molecule has 0 N–H and O–H groups in total. The minimum Gasteiger partial charge on any atom is -0.493 e. The van der Waals surface area contributed by atoms with Crippen LogP contribution >= 0.6 is 15.9 Å². The van der Waals surface area contributed by atoms with Crippen molar-refractivity contribution >= 4 is 27.5 Å². The maximum atomic E-state index is 13.2. The van der Waals surface area contributed by atoms with E-state index in [-0.39, 0.29) is 17.7 Å². The first-order chi connectivity index (χ1) is 14.5. The first kappa shape index (κ1) is 20.2. The number of hydrogen-bond acceptors (Lipinski definition) is 5. The topological polar surface area (TPSA) is 64.3 Å². The van der Waals surface area contributed by atoms with Gasteiger partial charge in [-0.15, -0.1) is 0 Å². The summed E-state index contributed by atoms with van der Waals surface area (Å²) < 4.78 is 16.7. The molecule has 4 rings (SSSR count). The molecule has 154 valence electrons. The van der Waals surface area contributed by atoms with Crippen molar-refractivity contribution < 1.29 is 18.7 Å². The van der Waals surface area contributed by atoms with Crippen LogP contribution in [0, 0.1) is 6.92 Å². The van der Waals surface area contributed by atoms with E-state index in [0.29, 0.717) is 22.6 Å². The van der Waals surface area contributed by atoms with Crippen molar-refractivity contribution in [1.82, 2.24) is 5.01 Å². The zero-order chi connectivity index (χ0) is 21.3. The number of benzene rings is 2. The van der Waals surface area contributed by atoms with Gasteiger partial charge in [0.1, 0.15) is 0 Å². The van der Waals surface area contributed by atoms with Crippen LogP contribution in [0.2, 0.25) is 0 Å². The Hall–Kier alpha value is -3.06. The number of amides is 1. The molecule has 0 radical (unpaired) electrons. The molecular formula is C23H21BrN2O4. The monoisotopic (exact) mass is 468 g/mol. The van der Waals surface area contributed by atoms with Crippen LogP contribution in [0.1, 0.15) is 39.7 Å². The molecule has 6 nitrogen and oxygen atoms in total. The lowest BCUT2D eigenvalue weighted by Gasteiger charge is -2.21. The SMILES string of the molecule is COc1ccc(C2=NN(C(=O)c3ccc(Br)o3)C(c3ccc(C)cc3)C2)cc1OC. The van der Waals surface area contributed by atoms with Gasteiger partial charge < -0.3 is 13.9 Å². The van der Waals surface area contributed by atoms with Crippen molar-refractivity contribution in [3.63, 3.8) is 0 Å². The summed E-state index contributed by atoms with van der Waals surface area (Å²) >= 11 is 3.26. The first-order valence-electron chi connectivity index (χ1n) is 9.45. The molecule has 2 aromatic carbocycles. The lowest BCUT2D eigenvalue weighted by Crippen LogP contribution is -2.26. The Balaban J connectivity index is 1.73. The maximum absolute atomic E-state index is 13.2. The van der Waals surface area contributed by atoms with E-state index in [1.165, 1.54) is 5.01 Å². The standard InChI is InChI=1S/C23H21BrN2O4/c1-14-4-6-15(7-5-14)18-13-17(16-8-9-19(28-2)21(12-16)29-3)25-26(18)23(27)20-10-11-22(24)30-20/h4-12,18H,13H2,1-3H3. The summed E-state index contributed by atoms with van der Waals surface area (Å²) in [5, 5.41) is 6.19. The predicted octanol–water partition coefficient (Wildman–Crippen LogP) is 5.36. The number of hydrogen-bond donors (Lipinski definition) is 0. The Morgan fingerprint density at radius 2 is 1.80 bits per heavy atom. The van der Waals surface area contributed by atoms with Gasteiger partial charge in [-0.2, -0.15) is 5.10 Å². The molecule has 1 aliphatic heterocycles. The second-order valence-corrected chi connectivity index (χ2v) is 7.78. The van der Waals surface area contributed by atoms with Crippen LogP contribution in [0.3, 0.4) is 0 Å². The summed E-state index contributed by atoms with van der Waals surface area (Å²) in [6.07, 6.45) is 0.576. The Kier molecular flexibility index (Phi) is 5.63. The van der Waals surface area contributed by atoms with E-state index >= 15 is 0 Å². The lowest BCUT2D eigenvalue weighted by atomic mass is 9.97. The van der Waals surface area contributed by atoms with Crippen molar-refractivity contribution in [3.8, 4) is 11.5 Å². The molecular weight excluding hydrogens is 448 g/mol. The van der Waals surface area contributed by atoms with Gasteiger partial charge in [-0.3, -0.25) is 4.79 Å². The summed E-state index contributed by atoms with van der Waals surface area (Å²) in [6.45, 7) is 2.04. The molecule has 0 bridgehead atoms. The number of nitrogens with zero attached hydrogens (tertiary/aromatic N) is 2. The molecule has 3 aromatic rings. The molecule has 0 saturated carbocycles. The molecule has 30 heavy (non-hydrogen) atoms. The minimum absolute atomic E-state index is 0.231. The Morgan fingerprint density at radius 3 is 2.43 bits per heavy atom. The van der Waals surface area contributed by atoms with Crippen LogP contribution in [-0.2, 0) is 0 Å². The number of ether oxygens (including phenoxy) is 2. The molecule has 1 amide bonds. The minimum atomic E-state index is -0.290. The average molecular weight is 469 g/mol. The third-order valence-electron chi connectivity index (χ3n) is 5.08. The second kappa shape index (κ2) is 8.36. The van der Waals surface area contributed by atoms with Gasteiger partial charge in [0.25, 0.3) is 0 Å².